The number of benzene rings is 1. The van der Waals surface area contributed by atoms with Gasteiger partial charge >= 0.3 is 0 Å². The van der Waals surface area contributed by atoms with Crippen molar-refractivity contribution in [2.45, 2.75) is 19.8 Å². The molecule has 2 rings (SSSR count). The van der Waals surface area contributed by atoms with Crippen molar-refractivity contribution in [1.82, 2.24) is 10.9 Å². The van der Waals surface area contributed by atoms with E-state index in [0.29, 0.717) is 27.7 Å². The first-order valence-corrected chi connectivity index (χ1v) is 7.34. The highest BCUT2D eigenvalue weighted by atomic mass is 35.5. The minimum Gasteiger partial charge on any atom is -0.273 e. The predicted molar refractivity (Wildman–Crippen MR) is 86.2 cm³/mol. The highest BCUT2D eigenvalue weighted by Crippen LogP contribution is 2.19. The molecule has 1 atom stereocenters. The Labute approximate surface area is 137 Å². The average molecular weight is 341 g/mol. The molecule has 0 radical (unpaired) electrons. The molecule has 0 spiro atoms. The van der Waals surface area contributed by atoms with E-state index in [1.807, 2.05) is 0 Å². The van der Waals surface area contributed by atoms with Crippen molar-refractivity contribution in [2.75, 3.05) is 0 Å². The lowest BCUT2D eigenvalue weighted by Crippen LogP contribution is -2.25. The topological polar surface area (TPSA) is 82.9 Å². The molecular weight excluding hydrogens is 327 g/mol. The number of carbonyl (C=O) groups is 2. The number of hydrazone groups is 2. The zero-order valence-electron chi connectivity index (χ0n) is 11.8. The number of nitrogens with zero attached hydrogens (tertiary/aromatic N) is 2. The van der Waals surface area contributed by atoms with Gasteiger partial charge in [0.25, 0.3) is 0 Å². The molecule has 8 heteroatoms. The third-order valence-corrected chi connectivity index (χ3v) is 3.74. The summed E-state index contributed by atoms with van der Waals surface area (Å²) in [5.41, 5.74) is 6.11. The molecule has 116 valence electrons. The first-order chi connectivity index (χ1) is 10.5. The lowest BCUT2D eigenvalue weighted by Gasteiger charge is -2.06. The van der Waals surface area contributed by atoms with Gasteiger partial charge in [0.2, 0.25) is 11.8 Å². The molecule has 0 saturated heterocycles. The van der Waals surface area contributed by atoms with Gasteiger partial charge in [-0.05, 0) is 25.5 Å². The number of carbonyl (C=O) groups excluding carboxylic acids is 2. The SMILES string of the molecule is CC1=NNC(=O)[C@H]1CCC(=O)N/N=C\c1ccc(Cl)cc1Cl. The molecule has 1 aliphatic rings. The second-order valence-corrected chi connectivity index (χ2v) is 5.62. The molecule has 2 amide bonds. The van der Waals surface area contributed by atoms with Crippen molar-refractivity contribution < 1.29 is 9.59 Å². The standard InChI is InChI=1S/C14H14Cl2N4O2/c1-8-11(14(22)20-18-8)4-5-13(21)19-17-7-9-2-3-10(15)6-12(9)16/h2-3,6-7,11H,4-5H2,1H3,(H,19,21)(H,20,22)/b17-7-/t11-/m0/s1. The second kappa shape index (κ2) is 7.38. The van der Waals surface area contributed by atoms with E-state index in [9.17, 15) is 9.59 Å². The molecule has 0 aliphatic carbocycles. The molecule has 6 nitrogen and oxygen atoms in total. The minimum absolute atomic E-state index is 0.177. The first kappa shape index (κ1) is 16.5. The van der Waals surface area contributed by atoms with Crippen molar-refractivity contribution in [3.8, 4) is 0 Å². The fourth-order valence-electron chi connectivity index (χ4n) is 1.94. The van der Waals surface area contributed by atoms with Crippen molar-refractivity contribution >= 4 is 46.9 Å². The van der Waals surface area contributed by atoms with Crippen LogP contribution in [0.1, 0.15) is 25.3 Å². The molecule has 0 saturated carbocycles. The highest BCUT2D eigenvalue weighted by molar-refractivity contribution is 6.36. The third kappa shape index (κ3) is 4.29. The van der Waals surface area contributed by atoms with Crippen molar-refractivity contribution in [1.29, 1.82) is 0 Å². The Hall–Kier alpha value is -1.92. The molecule has 0 bridgehead atoms. The van der Waals surface area contributed by atoms with Crippen LogP contribution in [0, 0.1) is 5.92 Å². The van der Waals surface area contributed by atoms with E-state index < -0.39 is 0 Å². The molecule has 0 fully saturated rings. The second-order valence-electron chi connectivity index (χ2n) is 4.78. The van der Waals surface area contributed by atoms with Gasteiger partial charge in [-0.2, -0.15) is 10.2 Å². The van der Waals surface area contributed by atoms with Crippen LogP contribution in [0.2, 0.25) is 10.0 Å². The predicted octanol–water partition coefficient (Wildman–Crippen LogP) is 2.35. The number of amides is 2. The first-order valence-electron chi connectivity index (χ1n) is 6.58. The number of hydrogen-bond acceptors (Lipinski definition) is 4. The summed E-state index contributed by atoms with van der Waals surface area (Å²) in [7, 11) is 0. The van der Waals surface area contributed by atoms with Gasteiger partial charge in [-0.15, -0.1) is 0 Å². The molecule has 1 aromatic carbocycles. The van der Waals surface area contributed by atoms with Gasteiger partial charge in [0.05, 0.1) is 17.2 Å². The van der Waals surface area contributed by atoms with Crippen molar-refractivity contribution in [2.24, 2.45) is 16.1 Å². The van der Waals surface area contributed by atoms with E-state index in [1.165, 1.54) is 6.21 Å². The fraction of sp³-hybridized carbons (Fsp3) is 0.286. The summed E-state index contributed by atoms with van der Waals surface area (Å²) in [5, 5.41) is 8.63. The van der Waals surface area contributed by atoms with E-state index in [2.05, 4.69) is 21.1 Å². The van der Waals surface area contributed by atoms with Crippen LogP contribution >= 0.6 is 23.2 Å². The maximum Gasteiger partial charge on any atom is 0.248 e. The molecule has 1 heterocycles. The largest absolute Gasteiger partial charge is 0.273 e. The quantitative estimate of drug-likeness (QED) is 0.637. The van der Waals surface area contributed by atoms with Crippen LogP contribution in [0.5, 0.6) is 0 Å². The Kier molecular flexibility index (Phi) is 5.51. The van der Waals surface area contributed by atoms with Gasteiger partial charge in [0, 0.05) is 22.7 Å². The summed E-state index contributed by atoms with van der Waals surface area (Å²) >= 11 is 11.8. The van der Waals surface area contributed by atoms with Gasteiger partial charge in [0.15, 0.2) is 0 Å². The fourth-order valence-corrected chi connectivity index (χ4v) is 2.40. The van der Waals surface area contributed by atoms with Crippen LogP contribution in [-0.4, -0.2) is 23.7 Å². The van der Waals surface area contributed by atoms with E-state index in [1.54, 1.807) is 25.1 Å². The van der Waals surface area contributed by atoms with E-state index in [-0.39, 0.29) is 24.2 Å². The molecule has 0 aromatic heterocycles. The molecular formula is C14H14Cl2N4O2. The van der Waals surface area contributed by atoms with Crippen LogP contribution in [0.3, 0.4) is 0 Å². The average Bonchev–Trinajstić information content (AvgIpc) is 2.78. The maximum absolute atomic E-state index is 11.7. The molecule has 1 aliphatic heterocycles. The monoisotopic (exact) mass is 340 g/mol. The summed E-state index contributed by atoms with van der Waals surface area (Å²) in [4.78, 5) is 23.1. The van der Waals surface area contributed by atoms with Crippen LogP contribution in [-0.2, 0) is 9.59 Å². The van der Waals surface area contributed by atoms with E-state index in [0.717, 1.165) is 0 Å². The van der Waals surface area contributed by atoms with E-state index in [4.69, 9.17) is 23.2 Å². The van der Waals surface area contributed by atoms with Gasteiger partial charge in [-0.1, -0.05) is 29.3 Å². The smallest absolute Gasteiger partial charge is 0.248 e. The minimum atomic E-state index is -0.347. The summed E-state index contributed by atoms with van der Waals surface area (Å²) in [6.45, 7) is 1.75. The van der Waals surface area contributed by atoms with Gasteiger partial charge in [-0.25, -0.2) is 10.9 Å². The van der Waals surface area contributed by atoms with Crippen molar-refractivity contribution in [3.05, 3.63) is 33.8 Å². The van der Waals surface area contributed by atoms with Gasteiger partial charge < -0.3 is 0 Å². The lowest BCUT2D eigenvalue weighted by atomic mass is 9.99. The molecule has 2 N–H and O–H groups in total. The highest BCUT2D eigenvalue weighted by Gasteiger charge is 2.26. The van der Waals surface area contributed by atoms with Crippen LogP contribution in [0.4, 0.5) is 0 Å². The van der Waals surface area contributed by atoms with E-state index >= 15 is 0 Å². The van der Waals surface area contributed by atoms with Crippen LogP contribution in [0.15, 0.2) is 28.4 Å². The number of rotatable bonds is 5. The number of halogens is 2. The molecule has 0 unspecified atom stereocenters. The van der Waals surface area contributed by atoms with Crippen LogP contribution in [0.25, 0.3) is 0 Å². The van der Waals surface area contributed by atoms with Crippen LogP contribution < -0.4 is 10.9 Å². The Balaban J connectivity index is 1.81. The summed E-state index contributed by atoms with van der Waals surface area (Å²) in [6, 6.07) is 4.97. The zero-order valence-corrected chi connectivity index (χ0v) is 13.3. The normalized spacial score (nSPS) is 17.5. The van der Waals surface area contributed by atoms with Crippen molar-refractivity contribution in [3.63, 3.8) is 0 Å². The summed E-state index contributed by atoms with van der Waals surface area (Å²) < 4.78 is 0. The maximum atomic E-state index is 11.7. The van der Waals surface area contributed by atoms with Gasteiger partial charge in [-0.3, -0.25) is 9.59 Å². The molecule has 1 aromatic rings. The number of hydrogen-bond donors (Lipinski definition) is 2. The lowest BCUT2D eigenvalue weighted by molar-refractivity contribution is -0.123. The zero-order chi connectivity index (χ0) is 16.1. The Morgan fingerprint density at radius 2 is 2.27 bits per heavy atom. The summed E-state index contributed by atoms with van der Waals surface area (Å²) in [5.74, 6) is -0.809. The Morgan fingerprint density at radius 1 is 1.50 bits per heavy atom. The third-order valence-electron chi connectivity index (χ3n) is 3.18. The van der Waals surface area contributed by atoms with Gasteiger partial charge in [0.1, 0.15) is 0 Å². The Bertz CT molecular complexity index is 658. The number of nitrogens with one attached hydrogen (secondary N) is 2. The Morgan fingerprint density at radius 3 is 2.91 bits per heavy atom. The summed E-state index contributed by atoms with van der Waals surface area (Å²) in [6.07, 6.45) is 2.01. The molecule has 22 heavy (non-hydrogen) atoms.